The van der Waals surface area contributed by atoms with Gasteiger partial charge in [0.15, 0.2) is 11.5 Å². The molecule has 0 spiro atoms. The molecule has 9 nitrogen and oxygen atoms in total. The molecule has 0 atom stereocenters. The summed E-state index contributed by atoms with van der Waals surface area (Å²) in [4.78, 5) is 33.9. The fraction of sp³-hybridized carbons (Fsp3) is 0.200. The third kappa shape index (κ3) is 6.35. The molecule has 0 fully saturated rings. The van der Waals surface area contributed by atoms with Crippen molar-refractivity contribution in [2.45, 2.75) is 13.8 Å². The number of hydrazine groups is 1. The monoisotopic (exact) mass is 399 g/mol. The lowest BCUT2D eigenvalue weighted by Gasteiger charge is -2.11. The Kier molecular flexibility index (Phi) is 7.72. The van der Waals surface area contributed by atoms with E-state index in [2.05, 4.69) is 10.9 Å². The van der Waals surface area contributed by atoms with Crippen molar-refractivity contribution in [1.82, 2.24) is 10.9 Å². The zero-order valence-corrected chi connectivity index (χ0v) is 16.0. The highest BCUT2D eigenvalue weighted by Gasteiger charge is 2.10. The van der Waals surface area contributed by atoms with Crippen LogP contribution in [-0.2, 0) is 4.79 Å². The van der Waals surface area contributed by atoms with Gasteiger partial charge in [-0.25, -0.2) is 0 Å². The predicted molar refractivity (Wildman–Crippen MR) is 107 cm³/mol. The second kappa shape index (κ2) is 10.5. The molecule has 0 bridgehead atoms. The third-order valence-corrected chi connectivity index (χ3v) is 3.63. The summed E-state index contributed by atoms with van der Waals surface area (Å²) in [6, 6.07) is 10.3. The van der Waals surface area contributed by atoms with E-state index in [9.17, 15) is 19.7 Å². The lowest BCUT2D eigenvalue weighted by molar-refractivity contribution is -0.384. The van der Waals surface area contributed by atoms with Gasteiger partial charge in [0.2, 0.25) is 0 Å². The maximum Gasteiger partial charge on any atom is 0.269 e. The van der Waals surface area contributed by atoms with Crippen molar-refractivity contribution < 1.29 is 24.0 Å². The Balaban J connectivity index is 1.94. The molecule has 0 saturated carbocycles. The number of amides is 2. The molecule has 0 aliphatic carbocycles. The molecular formula is C20H21N3O6. The van der Waals surface area contributed by atoms with Crippen molar-refractivity contribution in [2.24, 2.45) is 0 Å². The molecule has 0 aromatic heterocycles. The number of nitrogens with zero attached hydrogens (tertiary/aromatic N) is 1. The van der Waals surface area contributed by atoms with Gasteiger partial charge >= 0.3 is 0 Å². The van der Waals surface area contributed by atoms with Crippen LogP contribution in [-0.4, -0.2) is 30.0 Å². The second-order valence-corrected chi connectivity index (χ2v) is 5.65. The summed E-state index contributed by atoms with van der Waals surface area (Å²) >= 11 is 0. The largest absolute Gasteiger partial charge is 0.490 e. The first kappa shape index (κ1) is 21.4. The zero-order valence-electron chi connectivity index (χ0n) is 16.0. The van der Waals surface area contributed by atoms with Gasteiger partial charge in [0.05, 0.1) is 18.1 Å². The Labute approximate surface area is 167 Å². The van der Waals surface area contributed by atoms with Crippen molar-refractivity contribution in [3.8, 4) is 11.5 Å². The number of nitro groups is 1. The molecule has 2 aromatic carbocycles. The van der Waals surface area contributed by atoms with E-state index in [0.29, 0.717) is 30.3 Å². The van der Waals surface area contributed by atoms with Crippen LogP contribution in [0.4, 0.5) is 5.69 Å². The molecule has 29 heavy (non-hydrogen) atoms. The SMILES string of the molecule is CCOc1ccc(/C=C/C(=O)NNC(=O)c2ccc([N+](=O)[O-])cc2)cc1OCC. The van der Waals surface area contributed by atoms with E-state index in [1.807, 2.05) is 13.8 Å². The Hall–Kier alpha value is -3.88. The maximum absolute atomic E-state index is 12.0. The van der Waals surface area contributed by atoms with E-state index >= 15 is 0 Å². The molecule has 0 radical (unpaired) electrons. The zero-order chi connectivity index (χ0) is 21.2. The Morgan fingerprint density at radius 3 is 2.28 bits per heavy atom. The molecular weight excluding hydrogens is 378 g/mol. The predicted octanol–water partition coefficient (Wildman–Crippen LogP) is 2.87. The molecule has 152 valence electrons. The topological polar surface area (TPSA) is 120 Å². The van der Waals surface area contributed by atoms with Gasteiger partial charge in [0, 0.05) is 23.8 Å². The first-order chi connectivity index (χ1) is 13.9. The van der Waals surface area contributed by atoms with Crippen LogP contribution in [0.15, 0.2) is 48.5 Å². The van der Waals surface area contributed by atoms with Crippen molar-refractivity contribution in [3.63, 3.8) is 0 Å². The van der Waals surface area contributed by atoms with Gasteiger partial charge in [-0.05, 0) is 49.8 Å². The van der Waals surface area contributed by atoms with Crippen molar-refractivity contribution in [1.29, 1.82) is 0 Å². The number of carbonyl (C=O) groups excluding carboxylic acids is 2. The van der Waals surface area contributed by atoms with E-state index in [0.717, 1.165) is 0 Å². The summed E-state index contributed by atoms with van der Waals surface area (Å²) in [5, 5.41) is 10.6. The summed E-state index contributed by atoms with van der Waals surface area (Å²) in [6.07, 6.45) is 2.81. The molecule has 2 rings (SSSR count). The fourth-order valence-electron chi connectivity index (χ4n) is 2.31. The molecule has 0 unspecified atom stereocenters. The van der Waals surface area contributed by atoms with E-state index in [4.69, 9.17) is 9.47 Å². The van der Waals surface area contributed by atoms with Crippen LogP contribution in [0.5, 0.6) is 11.5 Å². The summed E-state index contributed by atoms with van der Waals surface area (Å²) in [5.74, 6) is 0.0446. The number of non-ortho nitro benzene ring substituents is 1. The number of hydrogen-bond donors (Lipinski definition) is 2. The van der Waals surface area contributed by atoms with Crippen LogP contribution < -0.4 is 20.3 Å². The van der Waals surface area contributed by atoms with Crippen molar-refractivity contribution >= 4 is 23.6 Å². The molecule has 0 saturated heterocycles. The highest BCUT2D eigenvalue weighted by molar-refractivity contribution is 5.98. The summed E-state index contributed by atoms with van der Waals surface area (Å²) < 4.78 is 11.0. The second-order valence-electron chi connectivity index (χ2n) is 5.65. The van der Waals surface area contributed by atoms with Crippen molar-refractivity contribution in [2.75, 3.05) is 13.2 Å². The van der Waals surface area contributed by atoms with E-state index in [1.165, 1.54) is 30.3 Å². The van der Waals surface area contributed by atoms with E-state index in [1.54, 1.807) is 24.3 Å². The Morgan fingerprint density at radius 2 is 1.66 bits per heavy atom. The summed E-state index contributed by atoms with van der Waals surface area (Å²) in [7, 11) is 0. The maximum atomic E-state index is 12.0. The minimum absolute atomic E-state index is 0.129. The third-order valence-electron chi connectivity index (χ3n) is 3.63. The molecule has 2 amide bonds. The van der Waals surface area contributed by atoms with Crippen LogP contribution in [0.1, 0.15) is 29.8 Å². The lowest BCUT2D eigenvalue weighted by Crippen LogP contribution is -2.40. The van der Waals surface area contributed by atoms with Gasteiger partial charge < -0.3 is 9.47 Å². The van der Waals surface area contributed by atoms with Crippen LogP contribution in [0.25, 0.3) is 6.08 Å². The van der Waals surface area contributed by atoms with E-state index in [-0.39, 0.29) is 11.3 Å². The molecule has 0 aliphatic heterocycles. The van der Waals surface area contributed by atoms with Crippen LogP contribution in [0.2, 0.25) is 0 Å². The smallest absolute Gasteiger partial charge is 0.269 e. The van der Waals surface area contributed by atoms with Gasteiger partial charge in [-0.3, -0.25) is 30.6 Å². The number of carbonyl (C=O) groups is 2. The quantitative estimate of drug-likeness (QED) is 0.400. The van der Waals surface area contributed by atoms with Crippen LogP contribution >= 0.6 is 0 Å². The number of benzene rings is 2. The number of nitrogens with one attached hydrogen (secondary N) is 2. The summed E-state index contributed by atoms with van der Waals surface area (Å²) in [6.45, 7) is 4.71. The molecule has 0 heterocycles. The van der Waals surface area contributed by atoms with Gasteiger partial charge in [-0.2, -0.15) is 0 Å². The average Bonchev–Trinajstić information content (AvgIpc) is 2.72. The molecule has 2 aromatic rings. The first-order valence-electron chi connectivity index (χ1n) is 8.87. The Morgan fingerprint density at radius 1 is 1.00 bits per heavy atom. The van der Waals surface area contributed by atoms with Gasteiger partial charge in [-0.15, -0.1) is 0 Å². The normalized spacial score (nSPS) is 10.4. The van der Waals surface area contributed by atoms with E-state index < -0.39 is 16.7 Å². The molecule has 2 N–H and O–H groups in total. The standard InChI is InChI=1S/C20H21N3O6/c1-3-28-17-11-5-14(13-18(17)29-4-2)6-12-19(24)21-22-20(25)15-7-9-16(10-8-15)23(26)27/h5-13H,3-4H2,1-2H3,(H,21,24)(H,22,25)/b12-6+. The molecule has 9 heteroatoms. The number of nitro benzene ring substituents is 1. The Bertz CT molecular complexity index is 909. The number of hydrogen-bond acceptors (Lipinski definition) is 6. The average molecular weight is 399 g/mol. The van der Waals surface area contributed by atoms with Gasteiger partial charge in [0.25, 0.3) is 17.5 Å². The first-order valence-corrected chi connectivity index (χ1v) is 8.87. The highest BCUT2D eigenvalue weighted by atomic mass is 16.6. The van der Waals surface area contributed by atoms with Crippen LogP contribution in [0.3, 0.4) is 0 Å². The van der Waals surface area contributed by atoms with Crippen LogP contribution in [0, 0.1) is 10.1 Å². The minimum atomic E-state index is -0.596. The number of ether oxygens (including phenoxy) is 2. The molecule has 0 aliphatic rings. The van der Waals surface area contributed by atoms with Gasteiger partial charge in [-0.1, -0.05) is 6.07 Å². The lowest BCUT2D eigenvalue weighted by atomic mass is 10.2. The highest BCUT2D eigenvalue weighted by Crippen LogP contribution is 2.28. The summed E-state index contributed by atoms with van der Waals surface area (Å²) in [5.41, 5.74) is 5.24. The van der Waals surface area contributed by atoms with Gasteiger partial charge in [0.1, 0.15) is 0 Å². The minimum Gasteiger partial charge on any atom is -0.490 e. The van der Waals surface area contributed by atoms with Crippen molar-refractivity contribution in [3.05, 3.63) is 69.8 Å². The fourth-order valence-corrected chi connectivity index (χ4v) is 2.31. The number of rotatable bonds is 8.